The van der Waals surface area contributed by atoms with E-state index in [4.69, 9.17) is 16.3 Å². The zero-order chi connectivity index (χ0) is 19.7. The van der Waals surface area contributed by atoms with Crippen LogP contribution in [-0.4, -0.2) is 29.6 Å². The maximum absolute atomic E-state index is 11.8. The zero-order valence-corrected chi connectivity index (χ0v) is 16.3. The highest BCUT2D eigenvalue weighted by Crippen LogP contribution is 2.34. The van der Waals surface area contributed by atoms with Crippen LogP contribution < -0.4 is 10.2 Å². The van der Waals surface area contributed by atoms with Crippen molar-refractivity contribution in [2.24, 2.45) is 0 Å². The Balaban J connectivity index is 1.67. The quantitative estimate of drug-likeness (QED) is 0.649. The third-order valence-corrected chi connectivity index (χ3v) is 4.97. The number of aryl methyl sites for hydroxylation is 1. The van der Waals surface area contributed by atoms with Crippen LogP contribution in [0.3, 0.4) is 0 Å². The molecule has 0 unspecified atom stereocenters. The van der Waals surface area contributed by atoms with Crippen LogP contribution in [0.1, 0.15) is 21.6 Å². The summed E-state index contributed by atoms with van der Waals surface area (Å²) in [6.07, 6.45) is 0.981. The van der Waals surface area contributed by atoms with Gasteiger partial charge in [0.2, 0.25) is 5.95 Å². The maximum atomic E-state index is 11.8. The molecular formula is C21H19ClN4O2. The lowest BCUT2D eigenvalue weighted by molar-refractivity contribution is 0.0601. The fourth-order valence-electron chi connectivity index (χ4n) is 3.31. The standard InChI is InChI=1S/C21H19ClN4O2/c1-13-11-19(26-10-9-14-5-3-4-6-18(14)26)25-21(23-13)24-17-12-15(20(27)28-2)7-8-16(17)22/h3-8,11-12H,9-10H2,1-2H3,(H,23,24,25). The van der Waals surface area contributed by atoms with Gasteiger partial charge in [-0.2, -0.15) is 4.98 Å². The first-order chi connectivity index (χ1) is 13.5. The second kappa shape index (κ2) is 7.48. The van der Waals surface area contributed by atoms with E-state index < -0.39 is 5.97 Å². The van der Waals surface area contributed by atoms with Crippen LogP contribution in [0.4, 0.5) is 23.1 Å². The van der Waals surface area contributed by atoms with Crippen molar-refractivity contribution in [3.05, 3.63) is 70.4 Å². The van der Waals surface area contributed by atoms with Crippen molar-refractivity contribution >= 4 is 40.7 Å². The fraction of sp³-hybridized carbons (Fsp3) is 0.190. The van der Waals surface area contributed by atoms with Crippen LogP contribution in [0.15, 0.2) is 48.5 Å². The lowest BCUT2D eigenvalue weighted by Gasteiger charge is -2.19. The number of nitrogens with zero attached hydrogens (tertiary/aromatic N) is 3. The van der Waals surface area contributed by atoms with Gasteiger partial charge in [-0.3, -0.25) is 0 Å². The van der Waals surface area contributed by atoms with Crippen LogP contribution >= 0.6 is 11.6 Å². The van der Waals surface area contributed by atoms with E-state index in [1.807, 2.05) is 19.1 Å². The molecule has 3 aromatic rings. The Kier molecular flexibility index (Phi) is 4.88. The zero-order valence-electron chi connectivity index (χ0n) is 15.6. The summed E-state index contributed by atoms with van der Waals surface area (Å²) >= 11 is 6.29. The molecule has 0 amide bonds. The van der Waals surface area contributed by atoms with E-state index in [0.717, 1.165) is 30.2 Å². The number of nitrogens with one attached hydrogen (secondary N) is 1. The van der Waals surface area contributed by atoms with E-state index in [1.54, 1.807) is 18.2 Å². The van der Waals surface area contributed by atoms with Gasteiger partial charge in [0.25, 0.3) is 0 Å². The summed E-state index contributed by atoms with van der Waals surface area (Å²) < 4.78 is 4.77. The van der Waals surface area contributed by atoms with E-state index in [9.17, 15) is 4.79 Å². The van der Waals surface area contributed by atoms with Crippen LogP contribution in [0.25, 0.3) is 0 Å². The first-order valence-electron chi connectivity index (χ1n) is 8.91. The van der Waals surface area contributed by atoms with Gasteiger partial charge in [0.05, 0.1) is 23.4 Å². The monoisotopic (exact) mass is 394 g/mol. The maximum Gasteiger partial charge on any atom is 0.337 e. The Morgan fingerprint density at radius 3 is 2.82 bits per heavy atom. The summed E-state index contributed by atoms with van der Waals surface area (Å²) in [6.45, 7) is 2.79. The molecule has 0 bridgehead atoms. The minimum atomic E-state index is -0.431. The Hall–Kier alpha value is -3.12. The van der Waals surface area contributed by atoms with Crippen molar-refractivity contribution in [3.63, 3.8) is 0 Å². The highest BCUT2D eigenvalue weighted by Gasteiger charge is 2.21. The van der Waals surface area contributed by atoms with Gasteiger partial charge in [-0.25, -0.2) is 9.78 Å². The van der Waals surface area contributed by atoms with Gasteiger partial charge in [0.1, 0.15) is 5.82 Å². The first kappa shape index (κ1) is 18.3. The van der Waals surface area contributed by atoms with Crippen LogP contribution in [0, 0.1) is 6.92 Å². The van der Waals surface area contributed by atoms with Gasteiger partial charge in [-0.05, 0) is 43.2 Å². The second-order valence-corrected chi connectivity index (χ2v) is 6.94. The number of fused-ring (bicyclic) bond motifs is 1. The predicted molar refractivity (Wildman–Crippen MR) is 110 cm³/mol. The molecule has 6 nitrogen and oxygen atoms in total. The number of anilines is 4. The minimum absolute atomic E-state index is 0.399. The Morgan fingerprint density at radius 2 is 2.00 bits per heavy atom. The largest absolute Gasteiger partial charge is 0.465 e. The van der Waals surface area contributed by atoms with E-state index in [0.29, 0.717) is 22.2 Å². The second-order valence-electron chi connectivity index (χ2n) is 6.53. The summed E-state index contributed by atoms with van der Waals surface area (Å²) in [5.41, 5.74) is 4.25. The molecule has 0 spiro atoms. The third kappa shape index (κ3) is 3.51. The average Bonchev–Trinajstić information content (AvgIpc) is 3.13. The highest BCUT2D eigenvalue weighted by atomic mass is 35.5. The molecule has 0 aliphatic carbocycles. The van der Waals surface area contributed by atoms with Crippen LogP contribution in [0.2, 0.25) is 5.02 Å². The van der Waals surface area contributed by atoms with Crippen molar-refractivity contribution in [3.8, 4) is 0 Å². The number of rotatable bonds is 4. The molecule has 1 aromatic heterocycles. The number of hydrogen-bond acceptors (Lipinski definition) is 6. The number of carbonyl (C=O) groups excluding carboxylic acids is 1. The minimum Gasteiger partial charge on any atom is -0.465 e. The van der Waals surface area contributed by atoms with E-state index in [-0.39, 0.29) is 0 Å². The smallest absolute Gasteiger partial charge is 0.337 e. The number of methoxy groups -OCH3 is 1. The summed E-state index contributed by atoms with van der Waals surface area (Å²) in [5.74, 6) is 0.808. The van der Waals surface area contributed by atoms with Gasteiger partial charge in [-0.15, -0.1) is 0 Å². The average molecular weight is 395 g/mol. The molecule has 0 saturated heterocycles. The number of halogens is 1. The van der Waals surface area contributed by atoms with Crippen molar-refractivity contribution in [2.45, 2.75) is 13.3 Å². The summed E-state index contributed by atoms with van der Waals surface area (Å²) in [4.78, 5) is 23.1. The molecule has 2 aromatic carbocycles. The number of hydrogen-bond donors (Lipinski definition) is 1. The fourth-order valence-corrected chi connectivity index (χ4v) is 3.47. The lowest BCUT2D eigenvalue weighted by Crippen LogP contribution is -2.16. The van der Waals surface area contributed by atoms with Crippen molar-refractivity contribution in [1.29, 1.82) is 0 Å². The summed E-state index contributed by atoms with van der Waals surface area (Å²) in [6, 6.07) is 15.2. The predicted octanol–water partition coefficient (Wildman–Crippen LogP) is 4.66. The molecule has 1 aliphatic rings. The SMILES string of the molecule is COC(=O)c1ccc(Cl)c(Nc2nc(C)cc(N3CCc4ccccc43)n2)c1. The number of benzene rings is 2. The molecule has 0 radical (unpaired) electrons. The molecular weight excluding hydrogens is 376 g/mol. The number of aromatic nitrogens is 2. The Bertz CT molecular complexity index is 1050. The van der Waals surface area contributed by atoms with E-state index >= 15 is 0 Å². The molecule has 2 heterocycles. The Morgan fingerprint density at radius 1 is 1.18 bits per heavy atom. The van der Waals surface area contributed by atoms with E-state index in [2.05, 4.69) is 38.4 Å². The molecule has 28 heavy (non-hydrogen) atoms. The van der Waals surface area contributed by atoms with Crippen molar-refractivity contribution < 1.29 is 9.53 Å². The molecule has 1 aliphatic heterocycles. The number of esters is 1. The molecule has 0 fully saturated rings. The number of carbonyl (C=O) groups is 1. The number of para-hydroxylation sites is 1. The highest BCUT2D eigenvalue weighted by molar-refractivity contribution is 6.33. The van der Waals surface area contributed by atoms with Gasteiger partial charge >= 0.3 is 5.97 Å². The first-order valence-corrected chi connectivity index (χ1v) is 9.29. The van der Waals surface area contributed by atoms with Crippen LogP contribution in [-0.2, 0) is 11.2 Å². The lowest BCUT2D eigenvalue weighted by atomic mass is 10.2. The molecule has 142 valence electrons. The van der Waals surface area contributed by atoms with E-state index in [1.165, 1.54) is 12.7 Å². The molecule has 4 rings (SSSR count). The van der Waals surface area contributed by atoms with Gasteiger partial charge in [0.15, 0.2) is 0 Å². The van der Waals surface area contributed by atoms with Crippen LogP contribution in [0.5, 0.6) is 0 Å². The summed E-state index contributed by atoms with van der Waals surface area (Å²) in [7, 11) is 1.34. The summed E-state index contributed by atoms with van der Waals surface area (Å²) in [5, 5.41) is 3.60. The number of ether oxygens (including phenoxy) is 1. The molecule has 0 atom stereocenters. The van der Waals surface area contributed by atoms with Gasteiger partial charge < -0.3 is 15.0 Å². The van der Waals surface area contributed by atoms with Crippen molar-refractivity contribution in [1.82, 2.24) is 9.97 Å². The van der Waals surface area contributed by atoms with Gasteiger partial charge in [0, 0.05) is 24.0 Å². The topological polar surface area (TPSA) is 67.3 Å². The normalized spacial score (nSPS) is 12.6. The third-order valence-electron chi connectivity index (χ3n) is 4.64. The van der Waals surface area contributed by atoms with Gasteiger partial charge in [-0.1, -0.05) is 29.8 Å². The molecule has 0 saturated carbocycles. The molecule has 7 heteroatoms. The van der Waals surface area contributed by atoms with Crippen molar-refractivity contribution in [2.75, 3.05) is 23.9 Å². The Labute approximate surface area is 168 Å². The molecule has 1 N–H and O–H groups in total.